The van der Waals surface area contributed by atoms with Gasteiger partial charge in [-0.05, 0) is 38.1 Å². The summed E-state index contributed by atoms with van der Waals surface area (Å²) in [7, 11) is 1.80. The van der Waals surface area contributed by atoms with Gasteiger partial charge in [0.05, 0.1) is 5.56 Å². The second-order valence-corrected chi connectivity index (χ2v) is 6.54. The molecule has 25 heavy (non-hydrogen) atoms. The van der Waals surface area contributed by atoms with Gasteiger partial charge in [0.2, 0.25) is 5.91 Å². The first-order valence-corrected chi connectivity index (χ1v) is 8.77. The molecule has 0 radical (unpaired) electrons. The Kier molecular flexibility index (Phi) is 5.43. The molecule has 0 spiro atoms. The van der Waals surface area contributed by atoms with Crippen molar-refractivity contribution in [3.8, 4) is 11.4 Å². The van der Waals surface area contributed by atoms with Crippen LogP contribution >= 0.6 is 0 Å². The number of aryl methyl sites for hydroxylation is 1. The lowest BCUT2D eigenvalue weighted by Gasteiger charge is -2.13. The van der Waals surface area contributed by atoms with Crippen molar-refractivity contribution < 1.29 is 9.18 Å². The lowest BCUT2D eigenvalue weighted by atomic mass is 10.1. The van der Waals surface area contributed by atoms with E-state index >= 15 is 0 Å². The van der Waals surface area contributed by atoms with E-state index in [1.807, 2.05) is 11.5 Å². The van der Waals surface area contributed by atoms with E-state index < -0.39 is 0 Å². The van der Waals surface area contributed by atoms with Crippen molar-refractivity contribution in [3.05, 3.63) is 29.8 Å². The number of hydrogen-bond acceptors (Lipinski definition) is 4. The lowest BCUT2D eigenvalue weighted by molar-refractivity contribution is -0.119. The van der Waals surface area contributed by atoms with Crippen molar-refractivity contribution in [1.29, 1.82) is 0 Å². The maximum Gasteiger partial charge on any atom is 0.228 e. The van der Waals surface area contributed by atoms with Gasteiger partial charge < -0.3 is 15.2 Å². The molecule has 2 heterocycles. The smallest absolute Gasteiger partial charge is 0.228 e. The molecule has 1 aromatic carbocycles. The SMILES string of the molecule is CNCC(C)C(=O)Nc1ccc(F)c(-c2nnc3n2CCCCC3)c1. The Bertz CT molecular complexity index is 758. The van der Waals surface area contributed by atoms with E-state index in [1.165, 1.54) is 6.07 Å². The van der Waals surface area contributed by atoms with Crippen LogP contribution in [0.2, 0.25) is 0 Å². The standard InChI is InChI=1S/C18H24FN5O/c1-12(11-20-2)18(25)21-13-7-8-15(19)14(10-13)17-23-22-16-6-4-3-5-9-24(16)17/h7-8,10,12,20H,3-6,9,11H2,1-2H3,(H,21,25). The molecule has 2 N–H and O–H groups in total. The van der Waals surface area contributed by atoms with Gasteiger partial charge >= 0.3 is 0 Å². The third kappa shape index (κ3) is 3.87. The van der Waals surface area contributed by atoms with Gasteiger partial charge in [0.25, 0.3) is 0 Å². The first-order chi connectivity index (χ1) is 12.1. The van der Waals surface area contributed by atoms with Crippen LogP contribution in [0.25, 0.3) is 11.4 Å². The Hall–Kier alpha value is -2.28. The molecular weight excluding hydrogens is 321 g/mol. The summed E-state index contributed by atoms with van der Waals surface area (Å²) < 4.78 is 16.4. The van der Waals surface area contributed by atoms with Crippen molar-refractivity contribution >= 4 is 11.6 Å². The van der Waals surface area contributed by atoms with Crippen LogP contribution in [0.15, 0.2) is 18.2 Å². The number of hydrogen-bond donors (Lipinski definition) is 2. The van der Waals surface area contributed by atoms with Crippen molar-refractivity contribution in [2.24, 2.45) is 5.92 Å². The summed E-state index contributed by atoms with van der Waals surface area (Å²) in [5.41, 5.74) is 0.940. The van der Waals surface area contributed by atoms with Gasteiger partial charge in [0, 0.05) is 31.1 Å². The van der Waals surface area contributed by atoms with E-state index in [0.717, 1.165) is 38.1 Å². The minimum Gasteiger partial charge on any atom is -0.326 e. The predicted octanol–water partition coefficient (Wildman–Crippen LogP) is 2.60. The summed E-state index contributed by atoms with van der Waals surface area (Å²) in [6.07, 6.45) is 4.13. The molecule has 1 unspecified atom stereocenters. The number of carbonyl (C=O) groups is 1. The number of carbonyl (C=O) groups excluding carboxylic acids is 1. The fourth-order valence-corrected chi connectivity index (χ4v) is 3.12. The molecule has 1 amide bonds. The van der Waals surface area contributed by atoms with Crippen LogP contribution in [-0.2, 0) is 17.8 Å². The van der Waals surface area contributed by atoms with Gasteiger partial charge in [-0.1, -0.05) is 13.3 Å². The molecule has 7 heteroatoms. The van der Waals surface area contributed by atoms with Gasteiger partial charge in [-0.2, -0.15) is 0 Å². The van der Waals surface area contributed by atoms with Gasteiger partial charge in [-0.3, -0.25) is 4.79 Å². The molecule has 1 aliphatic rings. The van der Waals surface area contributed by atoms with E-state index in [4.69, 9.17) is 0 Å². The minimum atomic E-state index is -0.360. The van der Waals surface area contributed by atoms with Gasteiger partial charge in [-0.15, -0.1) is 10.2 Å². The summed E-state index contributed by atoms with van der Waals surface area (Å²) in [6, 6.07) is 4.58. The number of fused-ring (bicyclic) bond motifs is 1. The molecule has 2 aromatic rings. The molecule has 0 fully saturated rings. The second kappa shape index (κ2) is 7.74. The molecule has 0 saturated heterocycles. The van der Waals surface area contributed by atoms with E-state index in [9.17, 15) is 9.18 Å². The van der Waals surface area contributed by atoms with Crippen LogP contribution in [0.1, 0.15) is 32.0 Å². The Morgan fingerprint density at radius 1 is 1.32 bits per heavy atom. The number of aromatic nitrogens is 3. The molecular formula is C18H24FN5O. The molecule has 3 rings (SSSR count). The predicted molar refractivity (Wildman–Crippen MR) is 94.7 cm³/mol. The Morgan fingerprint density at radius 2 is 2.16 bits per heavy atom. The molecule has 134 valence electrons. The highest BCUT2D eigenvalue weighted by molar-refractivity contribution is 5.93. The fourth-order valence-electron chi connectivity index (χ4n) is 3.12. The summed E-state index contributed by atoms with van der Waals surface area (Å²) in [5, 5.41) is 14.3. The number of nitrogens with one attached hydrogen (secondary N) is 2. The molecule has 1 atom stereocenters. The molecule has 1 aliphatic heterocycles. The molecule has 0 bridgehead atoms. The van der Waals surface area contributed by atoms with Crippen LogP contribution in [-0.4, -0.2) is 34.3 Å². The first kappa shape index (κ1) is 17.5. The Morgan fingerprint density at radius 3 is 2.96 bits per heavy atom. The third-order valence-electron chi connectivity index (χ3n) is 4.54. The number of halogens is 1. The number of amides is 1. The number of benzene rings is 1. The van der Waals surface area contributed by atoms with E-state index in [-0.39, 0.29) is 17.6 Å². The number of nitrogens with zero attached hydrogens (tertiary/aromatic N) is 3. The zero-order valence-electron chi connectivity index (χ0n) is 14.7. The van der Waals surface area contributed by atoms with Crippen LogP contribution in [0, 0.1) is 11.7 Å². The quantitative estimate of drug-likeness (QED) is 0.874. The Labute approximate surface area is 146 Å². The average molecular weight is 345 g/mol. The average Bonchev–Trinajstić information content (AvgIpc) is 2.84. The zero-order chi connectivity index (χ0) is 17.8. The van der Waals surface area contributed by atoms with Gasteiger partial charge in [-0.25, -0.2) is 4.39 Å². The van der Waals surface area contributed by atoms with Crippen molar-refractivity contribution in [1.82, 2.24) is 20.1 Å². The van der Waals surface area contributed by atoms with Crippen molar-refractivity contribution in [2.45, 2.75) is 39.2 Å². The minimum absolute atomic E-state index is 0.105. The van der Waals surface area contributed by atoms with E-state index in [1.54, 1.807) is 19.2 Å². The summed E-state index contributed by atoms with van der Waals surface area (Å²) in [6.45, 7) is 3.22. The van der Waals surface area contributed by atoms with E-state index in [2.05, 4.69) is 20.8 Å². The largest absolute Gasteiger partial charge is 0.326 e. The van der Waals surface area contributed by atoms with Gasteiger partial charge in [0.1, 0.15) is 11.6 Å². The number of anilines is 1. The van der Waals surface area contributed by atoms with Crippen LogP contribution in [0.5, 0.6) is 0 Å². The second-order valence-electron chi connectivity index (χ2n) is 6.54. The highest BCUT2D eigenvalue weighted by atomic mass is 19.1. The normalized spacial score (nSPS) is 15.3. The Balaban J connectivity index is 1.88. The van der Waals surface area contributed by atoms with Crippen LogP contribution < -0.4 is 10.6 Å². The fraction of sp³-hybridized carbons (Fsp3) is 0.500. The number of rotatable bonds is 5. The zero-order valence-corrected chi connectivity index (χ0v) is 14.7. The first-order valence-electron chi connectivity index (χ1n) is 8.77. The van der Waals surface area contributed by atoms with Crippen molar-refractivity contribution in [2.75, 3.05) is 18.9 Å². The molecule has 0 aliphatic carbocycles. The summed E-state index contributed by atoms with van der Waals surface area (Å²) in [5.74, 6) is 0.799. The molecule has 6 nitrogen and oxygen atoms in total. The molecule has 0 saturated carbocycles. The van der Waals surface area contributed by atoms with E-state index in [0.29, 0.717) is 23.6 Å². The highest BCUT2D eigenvalue weighted by Gasteiger charge is 2.20. The maximum atomic E-state index is 14.4. The van der Waals surface area contributed by atoms with Gasteiger partial charge in [0.15, 0.2) is 5.82 Å². The van der Waals surface area contributed by atoms with Crippen LogP contribution in [0.3, 0.4) is 0 Å². The van der Waals surface area contributed by atoms with Crippen LogP contribution in [0.4, 0.5) is 10.1 Å². The summed E-state index contributed by atoms with van der Waals surface area (Å²) in [4.78, 5) is 12.2. The summed E-state index contributed by atoms with van der Waals surface area (Å²) >= 11 is 0. The monoisotopic (exact) mass is 345 g/mol. The molecule has 1 aromatic heterocycles. The lowest BCUT2D eigenvalue weighted by Crippen LogP contribution is -2.28. The highest BCUT2D eigenvalue weighted by Crippen LogP contribution is 2.27. The maximum absolute atomic E-state index is 14.4. The third-order valence-corrected chi connectivity index (χ3v) is 4.54. The van der Waals surface area contributed by atoms with Crippen molar-refractivity contribution in [3.63, 3.8) is 0 Å². The topological polar surface area (TPSA) is 71.8 Å².